The number of hydrogen-bond acceptors (Lipinski definition) is 3. The van der Waals surface area contributed by atoms with Gasteiger partial charge in [-0.3, -0.25) is 9.59 Å². The third kappa shape index (κ3) is 2.03. The first-order chi connectivity index (χ1) is 7.09. The Morgan fingerprint density at radius 3 is 2.53 bits per heavy atom. The van der Waals surface area contributed by atoms with E-state index in [0.717, 1.165) is 12.8 Å². The highest BCUT2D eigenvalue weighted by atomic mass is 16.2. The van der Waals surface area contributed by atoms with Crippen molar-refractivity contribution in [3.05, 3.63) is 11.8 Å². The van der Waals surface area contributed by atoms with Crippen molar-refractivity contribution in [3.8, 4) is 0 Å². The Morgan fingerprint density at radius 1 is 1.33 bits per heavy atom. The Labute approximate surface area is 89.5 Å². The molecule has 4 heteroatoms. The van der Waals surface area contributed by atoms with Gasteiger partial charge in [-0.25, -0.2) is 0 Å². The molecule has 82 valence electrons. The minimum Gasteiger partial charge on any atom is -0.383 e. The van der Waals surface area contributed by atoms with Gasteiger partial charge >= 0.3 is 0 Å². The molecule has 1 saturated heterocycles. The van der Waals surface area contributed by atoms with Crippen molar-refractivity contribution in [3.63, 3.8) is 0 Å². The fourth-order valence-corrected chi connectivity index (χ4v) is 1.85. The van der Waals surface area contributed by atoms with Gasteiger partial charge in [-0.05, 0) is 12.8 Å². The molecule has 1 saturated carbocycles. The van der Waals surface area contributed by atoms with Crippen LogP contribution in [0.15, 0.2) is 11.8 Å². The van der Waals surface area contributed by atoms with E-state index in [9.17, 15) is 9.59 Å². The number of rotatable bonds is 2. The first-order valence-corrected chi connectivity index (χ1v) is 5.32. The largest absolute Gasteiger partial charge is 0.383 e. The maximum absolute atomic E-state index is 12.0. The molecule has 0 aromatic carbocycles. The Hall–Kier alpha value is -1.32. The Balaban J connectivity index is 2.19. The highest BCUT2D eigenvalue weighted by Gasteiger charge is 2.38. The van der Waals surface area contributed by atoms with Crippen LogP contribution in [-0.2, 0) is 9.59 Å². The number of Topliss-reactive ketones (excluding diaryl/α,β-unsaturated/α-hetero) is 1. The zero-order valence-corrected chi connectivity index (χ0v) is 9.19. The van der Waals surface area contributed by atoms with Crippen molar-refractivity contribution >= 4 is 11.7 Å². The summed E-state index contributed by atoms with van der Waals surface area (Å²) in [6, 6.07) is 0.399. The van der Waals surface area contributed by atoms with Crippen molar-refractivity contribution < 1.29 is 9.59 Å². The molecule has 0 radical (unpaired) electrons. The van der Waals surface area contributed by atoms with Gasteiger partial charge in [0.1, 0.15) is 0 Å². The van der Waals surface area contributed by atoms with Crippen molar-refractivity contribution in [2.75, 3.05) is 20.6 Å². The minimum atomic E-state index is -0.0811. The van der Waals surface area contributed by atoms with E-state index in [1.807, 2.05) is 19.0 Å². The van der Waals surface area contributed by atoms with Gasteiger partial charge in [0.05, 0.1) is 5.57 Å². The second-order valence-corrected chi connectivity index (χ2v) is 4.41. The summed E-state index contributed by atoms with van der Waals surface area (Å²) in [5.74, 6) is -0.104. The van der Waals surface area contributed by atoms with Gasteiger partial charge in [0.2, 0.25) is 0 Å². The molecule has 0 aromatic rings. The number of likely N-dealkylation sites (tertiary alicyclic amines) is 1. The van der Waals surface area contributed by atoms with E-state index in [4.69, 9.17) is 0 Å². The third-order valence-corrected chi connectivity index (χ3v) is 2.75. The molecule has 0 N–H and O–H groups in total. The predicted octanol–water partition coefficient (Wildman–Crippen LogP) is 0.396. The standard InChI is InChI=1S/C11H16N2O2/c1-12(2)7-9-10(14)5-6-13(11(9)15)8-3-4-8/h7-8H,3-6H2,1-2H3. The normalized spacial score (nSPS) is 24.9. The highest BCUT2D eigenvalue weighted by molar-refractivity contribution is 6.20. The zero-order chi connectivity index (χ0) is 11.0. The molecule has 1 aliphatic heterocycles. The quantitative estimate of drug-likeness (QED) is 0.487. The molecule has 2 aliphatic rings. The lowest BCUT2D eigenvalue weighted by molar-refractivity contribution is -0.133. The second-order valence-electron chi connectivity index (χ2n) is 4.41. The van der Waals surface area contributed by atoms with Gasteiger partial charge in [0.15, 0.2) is 5.78 Å². The molecule has 0 bridgehead atoms. The summed E-state index contributed by atoms with van der Waals surface area (Å²) in [5, 5.41) is 0. The molecule has 0 aromatic heterocycles. The van der Waals surface area contributed by atoms with Gasteiger partial charge in [-0.2, -0.15) is 0 Å². The smallest absolute Gasteiger partial charge is 0.259 e. The summed E-state index contributed by atoms with van der Waals surface area (Å²) in [7, 11) is 3.65. The van der Waals surface area contributed by atoms with Gasteiger partial charge in [0.25, 0.3) is 5.91 Å². The monoisotopic (exact) mass is 208 g/mol. The lowest BCUT2D eigenvalue weighted by Gasteiger charge is -2.28. The summed E-state index contributed by atoms with van der Waals surface area (Å²) in [4.78, 5) is 27.1. The van der Waals surface area contributed by atoms with Gasteiger partial charge in [0, 0.05) is 39.3 Å². The van der Waals surface area contributed by atoms with Crippen molar-refractivity contribution in [1.29, 1.82) is 0 Å². The number of ketones is 1. The number of carbonyl (C=O) groups is 2. The van der Waals surface area contributed by atoms with E-state index in [1.165, 1.54) is 0 Å². The SMILES string of the molecule is CN(C)C=C1C(=O)CCN(C2CC2)C1=O. The van der Waals surface area contributed by atoms with E-state index in [2.05, 4.69) is 0 Å². The molecule has 2 fully saturated rings. The van der Waals surface area contributed by atoms with Gasteiger partial charge in [-0.1, -0.05) is 0 Å². The molecular weight excluding hydrogens is 192 g/mol. The predicted molar refractivity (Wildman–Crippen MR) is 56.1 cm³/mol. The van der Waals surface area contributed by atoms with Crippen molar-refractivity contribution in [2.24, 2.45) is 0 Å². The van der Waals surface area contributed by atoms with Crippen LogP contribution in [0.25, 0.3) is 0 Å². The van der Waals surface area contributed by atoms with Gasteiger partial charge in [-0.15, -0.1) is 0 Å². The van der Waals surface area contributed by atoms with Crippen LogP contribution in [0, 0.1) is 0 Å². The van der Waals surface area contributed by atoms with Crippen LogP contribution in [0.5, 0.6) is 0 Å². The molecule has 4 nitrogen and oxygen atoms in total. The van der Waals surface area contributed by atoms with Crippen LogP contribution in [0.3, 0.4) is 0 Å². The minimum absolute atomic E-state index is 0.0226. The molecule has 1 aliphatic carbocycles. The van der Waals surface area contributed by atoms with Crippen LogP contribution in [0.1, 0.15) is 19.3 Å². The fourth-order valence-electron chi connectivity index (χ4n) is 1.85. The van der Waals surface area contributed by atoms with Crippen LogP contribution in [-0.4, -0.2) is 48.2 Å². The van der Waals surface area contributed by atoms with E-state index in [-0.39, 0.29) is 11.7 Å². The second kappa shape index (κ2) is 3.68. The Bertz CT molecular complexity index is 329. The number of nitrogens with zero attached hydrogens (tertiary/aromatic N) is 2. The molecule has 15 heavy (non-hydrogen) atoms. The highest BCUT2D eigenvalue weighted by Crippen LogP contribution is 2.30. The molecule has 0 unspecified atom stereocenters. The number of amides is 1. The third-order valence-electron chi connectivity index (χ3n) is 2.75. The first-order valence-electron chi connectivity index (χ1n) is 5.32. The topological polar surface area (TPSA) is 40.6 Å². The van der Waals surface area contributed by atoms with Crippen LogP contribution in [0.2, 0.25) is 0 Å². The average Bonchev–Trinajstić information content (AvgIpc) is 2.95. The first kappa shape index (κ1) is 10.2. The maximum Gasteiger partial charge on any atom is 0.259 e. The summed E-state index contributed by atoms with van der Waals surface area (Å²) < 4.78 is 0. The molecular formula is C11H16N2O2. The number of carbonyl (C=O) groups excluding carboxylic acids is 2. The van der Waals surface area contributed by atoms with Crippen LogP contribution in [0.4, 0.5) is 0 Å². The summed E-state index contributed by atoms with van der Waals surface area (Å²) in [6.45, 7) is 0.604. The van der Waals surface area contributed by atoms with Crippen molar-refractivity contribution in [2.45, 2.75) is 25.3 Å². The van der Waals surface area contributed by atoms with Gasteiger partial charge < -0.3 is 9.80 Å². The zero-order valence-electron chi connectivity index (χ0n) is 9.19. The summed E-state index contributed by atoms with van der Waals surface area (Å²) in [5.41, 5.74) is 0.346. The lowest BCUT2D eigenvalue weighted by atomic mass is 10.0. The van der Waals surface area contributed by atoms with E-state index in [1.54, 1.807) is 11.1 Å². The molecule has 0 atom stereocenters. The lowest BCUT2D eigenvalue weighted by Crippen LogP contribution is -2.42. The fraction of sp³-hybridized carbons (Fsp3) is 0.636. The summed E-state index contributed by atoms with van der Waals surface area (Å²) in [6.07, 6.45) is 4.30. The Kier molecular flexibility index (Phi) is 2.50. The molecule has 2 rings (SSSR count). The van der Waals surface area contributed by atoms with E-state index >= 15 is 0 Å². The maximum atomic E-state index is 12.0. The average molecular weight is 208 g/mol. The van der Waals surface area contributed by atoms with E-state index in [0.29, 0.717) is 24.6 Å². The number of piperidine rings is 1. The van der Waals surface area contributed by atoms with Crippen LogP contribution >= 0.6 is 0 Å². The number of hydrogen-bond donors (Lipinski definition) is 0. The van der Waals surface area contributed by atoms with Crippen molar-refractivity contribution in [1.82, 2.24) is 9.80 Å². The Morgan fingerprint density at radius 2 is 2.00 bits per heavy atom. The molecule has 1 heterocycles. The van der Waals surface area contributed by atoms with Crippen LogP contribution < -0.4 is 0 Å². The van der Waals surface area contributed by atoms with E-state index < -0.39 is 0 Å². The molecule has 0 spiro atoms. The summed E-state index contributed by atoms with van der Waals surface area (Å²) >= 11 is 0. The molecule has 1 amide bonds.